The number of ether oxygens (including phenoxy) is 1. The Kier molecular flexibility index (Phi) is 8.28. The molecule has 208 valence electrons. The molecule has 13 heteroatoms. The number of carbonyl (C=O) groups excluding carboxylic acids is 3. The Morgan fingerprint density at radius 1 is 1.18 bits per heavy atom. The summed E-state index contributed by atoms with van der Waals surface area (Å²) < 4.78 is 37.8. The molecule has 3 N–H and O–H groups in total. The van der Waals surface area contributed by atoms with E-state index in [0.717, 1.165) is 0 Å². The zero-order valence-corrected chi connectivity index (χ0v) is 23.0. The average Bonchev–Trinajstić information content (AvgIpc) is 3.32. The number of para-hydroxylation sites is 2. The van der Waals surface area contributed by atoms with E-state index >= 15 is 0 Å². The van der Waals surface area contributed by atoms with E-state index in [4.69, 9.17) is 26.5 Å². The molecule has 2 unspecified atom stereocenters. The molecule has 1 aliphatic heterocycles. The highest BCUT2D eigenvalue weighted by Gasteiger charge is 2.41. The van der Waals surface area contributed by atoms with Crippen molar-refractivity contribution in [2.75, 3.05) is 25.4 Å². The summed E-state index contributed by atoms with van der Waals surface area (Å²) in [6.45, 7) is 3.11. The first-order valence-corrected chi connectivity index (χ1v) is 14.4. The van der Waals surface area contributed by atoms with Gasteiger partial charge in [0, 0.05) is 18.1 Å². The van der Waals surface area contributed by atoms with Crippen LogP contribution in [0, 0.1) is 5.92 Å². The molecule has 0 saturated carbocycles. The molecule has 1 fully saturated rings. The summed E-state index contributed by atoms with van der Waals surface area (Å²) in [6.07, 6.45) is -0.984. The van der Waals surface area contributed by atoms with Crippen LogP contribution in [0.15, 0.2) is 52.9 Å². The monoisotopic (exact) mass is 576 g/mol. The number of carbonyl (C=O) groups is 3. The van der Waals surface area contributed by atoms with Crippen LogP contribution < -0.4 is 11.1 Å². The number of benzene rings is 2. The third kappa shape index (κ3) is 6.75. The van der Waals surface area contributed by atoms with Crippen LogP contribution in [0.2, 0.25) is 5.02 Å². The molecule has 1 aliphatic rings. The van der Waals surface area contributed by atoms with Crippen LogP contribution in [-0.2, 0) is 25.1 Å². The van der Waals surface area contributed by atoms with Gasteiger partial charge in [-0.2, -0.15) is 0 Å². The Hall–Kier alpha value is -3.48. The number of primary amides is 1. The molecule has 0 radical (unpaired) electrons. The lowest BCUT2D eigenvalue weighted by atomic mass is 9.95. The molecule has 39 heavy (non-hydrogen) atoms. The highest BCUT2D eigenvalue weighted by Crippen LogP contribution is 2.24. The summed E-state index contributed by atoms with van der Waals surface area (Å²) in [7, 11) is -3.91. The lowest BCUT2D eigenvalue weighted by Gasteiger charge is -2.36. The van der Waals surface area contributed by atoms with Gasteiger partial charge in [0.05, 0.1) is 30.1 Å². The molecule has 0 bridgehead atoms. The minimum atomic E-state index is -3.91. The fourth-order valence-corrected chi connectivity index (χ4v) is 6.39. The maximum Gasteiger partial charge on any atom is 0.314 e. The van der Waals surface area contributed by atoms with E-state index in [1.54, 1.807) is 48.5 Å². The Labute approximate surface area is 230 Å². The van der Waals surface area contributed by atoms with Gasteiger partial charge >= 0.3 is 6.03 Å². The quantitative estimate of drug-likeness (QED) is 0.367. The second kappa shape index (κ2) is 11.3. The van der Waals surface area contributed by atoms with Crippen molar-refractivity contribution in [3.05, 3.63) is 65.0 Å². The van der Waals surface area contributed by atoms with Crippen molar-refractivity contribution < 1.29 is 32.0 Å². The molecule has 2 atom stereocenters. The number of morpholine rings is 1. The van der Waals surface area contributed by atoms with Crippen LogP contribution in [0.5, 0.6) is 0 Å². The number of urea groups is 1. The van der Waals surface area contributed by atoms with Crippen molar-refractivity contribution in [2.24, 2.45) is 11.7 Å². The van der Waals surface area contributed by atoms with Crippen LogP contribution in [-0.4, -0.2) is 73.1 Å². The summed E-state index contributed by atoms with van der Waals surface area (Å²) in [5.41, 5.74) is 5.19. The normalized spacial score (nSPS) is 17.1. The lowest BCUT2D eigenvalue weighted by Crippen LogP contribution is -2.58. The predicted molar refractivity (Wildman–Crippen MR) is 144 cm³/mol. The molecule has 3 amide bonds. The highest BCUT2D eigenvalue weighted by atomic mass is 35.5. The molecule has 2 heterocycles. The minimum absolute atomic E-state index is 0.0627. The second-order valence-electron chi connectivity index (χ2n) is 9.88. The van der Waals surface area contributed by atoms with Crippen LogP contribution in [0.25, 0.3) is 11.1 Å². The Morgan fingerprint density at radius 3 is 2.56 bits per heavy atom. The topological polar surface area (TPSA) is 162 Å². The van der Waals surface area contributed by atoms with Crippen molar-refractivity contribution in [3.8, 4) is 0 Å². The third-order valence-corrected chi connectivity index (χ3v) is 8.44. The van der Waals surface area contributed by atoms with E-state index < -0.39 is 56.6 Å². The van der Waals surface area contributed by atoms with Gasteiger partial charge < -0.3 is 25.1 Å². The molecular weight excluding hydrogens is 548 g/mol. The smallest absolute Gasteiger partial charge is 0.314 e. The van der Waals surface area contributed by atoms with Crippen LogP contribution in [0.3, 0.4) is 0 Å². The Morgan fingerprint density at radius 2 is 1.87 bits per heavy atom. The van der Waals surface area contributed by atoms with Gasteiger partial charge in [-0.1, -0.05) is 41.9 Å². The number of amides is 3. The van der Waals surface area contributed by atoms with Crippen molar-refractivity contribution in [3.63, 3.8) is 0 Å². The number of hydrogen-bond donors (Lipinski definition) is 2. The number of sulfone groups is 1. The van der Waals surface area contributed by atoms with E-state index in [-0.39, 0.29) is 30.6 Å². The van der Waals surface area contributed by atoms with Gasteiger partial charge in [-0.15, -0.1) is 0 Å². The van der Waals surface area contributed by atoms with Gasteiger partial charge in [0.25, 0.3) is 5.89 Å². The van der Waals surface area contributed by atoms with Gasteiger partial charge in [0.1, 0.15) is 11.1 Å². The fourth-order valence-electron chi connectivity index (χ4n) is 4.35. The number of nitrogens with zero attached hydrogens (tertiary/aromatic N) is 2. The largest absolute Gasteiger partial charge is 0.434 e. The molecule has 0 aliphatic carbocycles. The summed E-state index contributed by atoms with van der Waals surface area (Å²) in [6, 6.07) is 12.6. The molecular formula is C26H29ClN4O7S. The average molecular weight is 577 g/mol. The summed E-state index contributed by atoms with van der Waals surface area (Å²) >= 11 is 6.16. The number of hydrogen-bond acceptors (Lipinski definition) is 8. The van der Waals surface area contributed by atoms with Crippen LogP contribution >= 0.6 is 11.6 Å². The van der Waals surface area contributed by atoms with Crippen molar-refractivity contribution in [2.45, 2.75) is 31.2 Å². The van der Waals surface area contributed by atoms with Crippen LogP contribution in [0.4, 0.5) is 4.79 Å². The zero-order valence-electron chi connectivity index (χ0n) is 21.4. The first-order chi connectivity index (χ1) is 18.4. The number of nitrogens with one attached hydrogen (secondary N) is 1. The number of halogens is 1. The predicted octanol–water partition coefficient (Wildman–Crippen LogP) is 2.57. The first-order valence-electron chi connectivity index (χ1n) is 12.2. The maximum absolute atomic E-state index is 13.6. The highest BCUT2D eigenvalue weighted by molar-refractivity contribution is 7.90. The standard InChI is InChI=1S/C26H29ClN4O7S/c1-26(2,22(32)24-29-19-9-5-6-10-20(19)38-24)30-23(33)17(21-13-31(25(28)34)11-12-37-21)15-39(35,36)14-16-7-3-4-8-18(16)27/h3-10,17,21H,11-15H2,1-2H3,(H2,28,34)(H,30,33). The first kappa shape index (κ1) is 28.5. The minimum Gasteiger partial charge on any atom is -0.434 e. The number of Topliss-reactive ketones (excluding diaryl/α,β-unsaturated/α-hetero) is 1. The Bertz CT molecular complexity index is 1470. The van der Waals surface area contributed by atoms with Crippen molar-refractivity contribution >= 4 is 50.3 Å². The Balaban J connectivity index is 1.58. The number of ketones is 1. The number of rotatable bonds is 9. The molecule has 2 aromatic carbocycles. The van der Waals surface area contributed by atoms with Gasteiger partial charge in [-0.25, -0.2) is 18.2 Å². The van der Waals surface area contributed by atoms with E-state index in [1.165, 1.54) is 18.7 Å². The van der Waals surface area contributed by atoms with E-state index in [0.29, 0.717) is 16.7 Å². The van der Waals surface area contributed by atoms with E-state index in [2.05, 4.69) is 10.3 Å². The van der Waals surface area contributed by atoms with Crippen LogP contribution in [0.1, 0.15) is 30.1 Å². The van der Waals surface area contributed by atoms with Gasteiger partial charge in [-0.05, 0) is 37.6 Å². The maximum atomic E-state index is 13.6. The van der Waals surface area contributed by atoms with Gasteiger partial charge in [0.15, 0.2) is 15.4 Å². The van der Waals surface area contributed by atoms with Crippen molar-refractivity contribution in [1.82, 2.24) is 15.2 Å². The number of aromatic nitrogens is 1. The number of oxazole rings is 1. The fraction of sp³-hybridized carbons (Fsp3) is 0.385. The van der Waals surface area contributed by atoms with Crippen molar-refractivity contribution in [1.29, 1.82) is 0 Å². The molecule has 0 spiro atoms. The molecule has 11 nitrogen and oxygen atoms in total. The molecule has 3 aromatic rings. The van der Waals surface area contributed by atoms with E-state index in [1.807, 2.05) is 0 Å². The summed E-state index contributed by atoms with van der Waals surface area (Å²) in [4.78, 5) is 44.2. The zero-order chi connectivity index (χ0) is 28.4. The second-order valence-corrected chi connectivity index (χ2v) is 12.4. The number of nitrogens with two attached hydrogens (primary N) is 1. The molecule has 1 aromatic heterocycles. The third-order valence-electron chi connectivity index (χ3n) is 6.45. The number of fused-ring (bicyclic) bond motifs is 1. The van der Waals surface area contributed by atoms with E-state index in [9.17, 15) is 22.8 Å². The van der Waals surface area contributed by atoms with Gasteiger partial charge in [-0.3, -0.25) is 9.59 Å². The van der Waals surface area contributed by atoms with Gasteiger partial charge in [0.2, 0.25) is 11.7 Å². The summed E-state index contributed by atoms with van der Waals surface area (Å²) in [5.74, 6) is -3.84. The lowest BCUT2D eigenvalue weighted by molar-refractivity contribution is -0.133. The molecule has 4 rings (SSSR count). The summed E-state index contributed by atoms with van der Waals surface area (Å²) in [5, 5.41) is 2.92. The molecule has 1 saturated heterocycles. The SMILES string of the molecule is CC(C)(NC(=O)C(CS(=O)(=O)Cc1ccccc1Cl)C1CN(C(N)=O)CCO1)C(=O)c1nc2ccccc2o1.